The predicted molar refractivity (Wildman–Crippen MR) is 169 cm³/mol. The van der Waals surface area contributed by atoms with Crippen molar-refractivity contribution in [1.82, 2.24) is 5.01 Å². The topological polar surface area (TPSA) is 96.6 Å². The van der Waals surface area contributed by atoms with E-state index in [-0.39, 0.29) is 16.8 Å². The van der Waals surface area contributed by atoms with E-state index in [1.165, 1.54) is 22.3 Å². The van der Waals surface area contributed by atoms with Crippen LogP contribution in [0.1, 0.15) is 49.9 Å². The first-order valence-electron chi connectivity index (χ1n) is 13.8. The number of aliphatic imine (C=N–C) groups is 1. The Labute approximate surface area is 250 Å². The molecule has 3 aromatic rings. The maximum absolute atomic E-state index is 12.9. The second-order valence-electron chi connectivity index (χ2n) is 10.9. The summed E-state index contributed by atoms with van der Waals surface area (Å²) < 4.78 is 17.6. The number of nitrogens with zero attached hydrogens (tertiary/aromatic N) is 3. The van der Waals surface area contributed by atoms with Gasteiger partial charge >= 0.3 is 0 Å². The Morgan fingerprint density at radius 3 is 2.33 bits per heavy atom. The van der Waals surface area contributed by atoms with Crippen molar-refractivity contribution in [2.45, 2.75) is 40.0 Å². The number of carbonyl (C=O) groups is 1. The molecule has 2 heterocycles. The second-order valence-corrected chi connectivity index (χ2v) is 11.9. The molecule has 216 valence electrons. The molecule has 0 aliphatic carbocycles. The fourth-order valence-corrected chi connectivity index (χ4v) is 5.23. The fourth-order valence-electron chi connectivity index (χ4n) is 4.34. The number of fused-ring (bicyclic) bond motifs is 1. The third kappa shape index (κ3) is 6.57. The quantitative estimate of drug-likeness (QED) is 0.220. The lowest BCUT2D eigenvalue weighted by molar-refractivity contribution is -0.114. The van der Waals surface area contributed by atoms with Crippen LogP contribution in [0.15, 0.2) is 82.4 Å². The van der Waals surface area contributed by atoms with E-state index in [4.69, 9.17) is 19.6 Å². The molecule has 3 aromatic carbocycles. The summed E-state index contributed by atoms with van der Waals surface area (Å²) in [6.07, 6.45) is 1.63. The first-order chi connectivity index (χ1) is 20.1. The zero-order valence-electron chi connectivity index (χ0n) is 24.4. The molecule has 8 nitrogen and oxygen atoms in total. The van der Waals surface area contributed by atoms with E-state index < -0.39 is 5.91 Å². The van der Waals surface area contributed by atoms with Crippen LogP contribution >= 0.6 is 11.8 Å². The molecule has 1 amide bonds. The normalized spacial score (nSPS) is 15.8. The number of thioether (sulfide) groups is 1. The maximum atomic E-state index is 12.9. The lowest BCUT2D eigenvalue weighted by atomic mass is 9.87. The predicted octanol–water partition coefficient (Wildman–Crippen LogP) is 6.82. The van der Waals surface area contributed by atoms with Gasteiger partial charge in [0, 0.05) is 5.56 Å². The Morgan fingerprint density at radius 1 is 0.929 bits per heavy atom. The Balaban J connectivity index is 1.26. The van der Waals surface area contributed by atoms with Crippen molar-refractivity contribution in [3.8, 4) is 17.2 Å². The van der Waals surface area contributed by atoms with Crippen LogP contribution in [0.5, 0.6) is 17.2 Å². The van der Waals surface area contributed by atoms with Gasteiger partial charge in [0.15, 0.2) is 17.3 Å². The number of hydrogen-bond acceptors (Lipinski definition) is 7. The van der Waals surface area contributed by atoms with E-state index in [1.807, 2.05) is 56.3 Å². The van der Waals surface area contributed by atoms with Crippen molar-refractivity contribution in [2.75, 3.05) is 19.8 Å². The minimum absolute atomic E-state index is 0.0226. The summed E-state index contributed by atoms with van der Waals surface area (Å²) >= 11 is 1.28. The van der Waals surface area contributed by atoms with Gasteiger partial charge in [-0.2, -0.15) is 15.1 Å². The molecular weight excluding hydrogens is 548 g/mol. The molecule has 0 atom stereocenters. The Hall–Kier alpha value is -4.37. The molecule has 42 heavy (non-hydrogen) atoms. The van der Waals surface area contributed by atoms with Crippen molar-refractivity contribution in [1.29, 1.82) is 5.41 Å². The number of rotatable bonds is 9. The third-order valence-corrected chi connectivity index (χ3v) is 7.62. The fraction of sp³-hybridized carbons (Fsp3) is 0.273. The Morgan fingerprint density at radius 2 is 1.64 bits per heavy atom. The largest absolute Gasteiger partial charge is 0.490 e. The van der Waals surface area contributed by atoms with Crippen LogP contribution in [0.25, 0.3) is 6.08 Å². The highest BCUT2D eigenvalue weighted by molar-refractivity contribution is 8.27. The van der Waals surface area contributed by atoms with Gasteiger partial charge in [0.05, 0.1) is 12.2 Å². The molecule has 2 aliphatic rings. The molecule has 9 heteroatoms. The molecule has 5 rings (SSSR count). The lowest BCUT2D eigenvalue weighted by Gasteiger charge is -2.20. The van der Waals surface area contributed by atoms with Crippen LogP contribution in [-0.4, -0.2) is 46.8 Å². The van der Waals surface area contributed by atoms with Crippen LogP contribution in [0, 0.1) is 12.3 Å². The number of carbonyl (C=O) groups excluding carboxylic acids is 1. The minimum Gasteiger partial charge on any atom is -0.490 e. The van der Waals surface area contributed by atoms with E-state index >= 15 is 0 Å². The molecule has 0 radical (unpaired) electrons. The van der Waals surface area contributed by atoms with E-state index in [2.05, 4.69) is 43.0 Å². The molecule has 0 bridgehead atoms. The van der Waals surface area contributed by atoms with Crippen LogP contribution in [0.2, 0.25) is 0 Å². The van der Waals surface area contributed by atoms with E-state index in [1.54, 1.807) is 18.2 Å². The number of amidine groups is 2. The number of nitrogens with one attached hydrogen (secondary N) is 1. The first kappa shape index (κ1) is 29.1. The number of hydrazone groups is 1. The van der Waals surface area contributed by atoms with Gasteiger partial charge in [-0.25, -0.2) is 0 Å². The molecule has 0 saturated carbocycles. The highest BCUT2D eigenvalue weighted by atomic mass is 32.2. The van der Waals surface area contributed by atoms with Gasteiger partial charge in [-0.3, -0.25) is 10.2 Å². The number of ether oxygens (including phenoxy) is 3. The van der Waals surface area contributed by atoms with Gasteiger partial charge in [-0.1, -0.05) is 68.8 Å². The van der Waals surface area contributed by atoms with Gasteiger partial charge in [-0.05, 0) is 72.5 Å². The molecular formula is C33H34N4O4S. The van der Waals surface area contributed by atoms with Gasteiger partial charge in [-0.15, -0.1) is 0 Å². The van der Waals surface area contributed by atoms with Crippen molar-refractivity contribution >= 4 is 39.8 Å². The van der Waals surface area contributed by atoms with E-state index in [0.717, 1.165) is 16.9 Å². The summed E-state index contributed by atoms with van der Waals surface area (Å²) in [6.45, 7) is 11.6. The summed E-state index contributed by atoms with van der Waals surface area (Å²) in [5.74, 6) is 1.39. The first-order valence-corrected chi connectivity index (χ1v) is 14.6. The molecule has 0 fully saturated rings. The van der Waals surface area contributed by atoms with Gasteiger partial charge in [0.2, 0.25) is 5.17 Å². The van der Waals surface area contributed by atoms with Crippen molar-refractivity contribution in [3.63, 3.8) is 0 Å². The second kappa shape index (κ2) is 12.2. The maximum Gasteiger partial charge on any atom is 0.283 e. The molecule has 2 aliphatic heterocycles. The summed E-state index contributed by atoms with van der Waals surface area (Å²) in [5.41, 5.74) is 4.22. The SMILES string of the molecule is CCOc1cc(/C=C2/C(=N)N3N=C(c4ccc(C)cc4)SC3=NC2=O)ccc1OCCOc1ccc(C(C)(C)C)cc1. The minimum atomic E-state index is -0.481. The molecule has 1 N–H and O–H groups in total. The zero-order valence-corrected chi connectivity index (χ0v) is 25.2. The average Bonchev–Trinajstić information content (AvgIpc) is 3.39. The number of hydrogen-bond donors (Lipinski definition) is 1. The molecule has 0 unspecified atom stereocenters. The number of amides is 1. The Bertz CT molecular complexity index is 1590. The van der Waals surface area contributed by atoms with Crippen molar-refractivity contribution in [3.05, 3.63) is 94.6 Å². The summed E-state index contributed by atoms with van der Waals surface area (Å²) in [7, 11) is 0. The zero-order chi connectivity index (χ0) is 29.9. The molecule has 0 spiro atoms. The third-order valence-electron chi connectivity index (χ3n) is 6.66. The molecule has 0 aromatic heterocycles. The number of benzene rings is 3. The smallest absolute Gasteiger partial charge is 0.283 e. The van der Waals surface area contributed by atoms with Gasteiger partial charge in [0.25, 0.3) is 5.91 Å². The average molecular weight is 583 g/mol. The number of aryl methyl sites for hydroxylation is 1. The van der Waals surface area contributed by atoms with Gasteiger partial charge < -0.3 is 14.2 Å². The summed E-state index contributed by atoms with van der Waals surface area (Å²) in [6, 6.07) is 21.4. The highest BCUT2D eigenvalue weighted by Gasteiger charge is 2.36. The summed E-state index contributed by atoms with van der Waals surface area (Å²) in [5, 5.41) is 15.8. The van der Waals surface area contributed by atoms with E-state index in [0.29, 0.717) is 47.1 Å². The molecule has 0 saturated heterocycles. The van der Waals surface area contributed by atoms with Crippen LogP contribution in [-0.2, 0) is 10.2 Å². The van der Waals surface area contributed by atoms with Crippen LogP contribution < -0.4 is 14.2 Å². The lowest BCUT2D eigenvalue weighted by Crippen LogP contribution is -2.35. The highest BCUT2D eigenvalue weighted by Crippen LogP contribution is 2.33. The Kier molecular flexibility index (Phi) is 8.49. The summed E-state index contributed by atoms with van der Waals surface area (Å²) in [4.78, 5) is 17.1. The van der Waals surface area contributed by atoms with E-state index in [9.17, 15) is 4.79 Å². The monoisotopic (exact) mass is 582 g/mol. The standard InChI is InChI=1S/C33H34N4O4S/c1-6-39-28-20-22(9-16-27(28)41-18-17-40-25-14-12-24(13-15-25)33(3,4)5)19-26-29(34)37-32(35-30(26)38)42-31(36-37)23-10-7-21(2)8-11-23/h7-16,19-20,34H,6,17-18H2,1-5H3/b26-19-,34-29?. The van der Waals surface area contributed by atoms with Crippen LogP contribution in [0.3, 0.4) is 0 Å². The van der Waals surface area contributed by atoms with Crippen LogP contribution in [0.4, 0.5) is 0 Å². The van der Waals surface area contributed by atoms with Crippen molar-refractivity contribution < 1.29 is 19.0 Å². The van der Waals surface area contributed by atoms with Crippen molar-refractivity contribution in [2.24, 2.45) is 10.1 Å². The van der Waals surface area contributed by atoms with Gasteiger partial charge in [0.1, 0.15) is 24.0 Å².